The average molecular weight is 338 g/mol. The number of nitrogens with zero attached hydrogens (tertiary/aromatic N) is 2. The van der Waals surface area contributed by atoms with Crippen LogP contribution in [0.1, 0.15) is 16.8 Å². The molecule has 0 fully saturated rings. The predicted octanol–water partition coefficient (Wildman–Crippen LogP) is 4.03. The summed E-state index contributed by atoms with van der Waals surface area (Å²) in [5, 5.41) is 8.78. The van der Waals surface area contributed by atoms with E-state index >= 15 is 0 Å². The summed E-state index contributed by atoms with van der Waals surface area (Å²) in [7, 11) is 0. The van der Waals surface area contributed by atoms with Crippen LogP contribution in [-0.2, 0) is 12.5 Å². The monoisotopic (exact) mass is 336 g/mol. The lowest BCUT2D eigenvalue weighted by Gasteiger charge is -2.09. The maximum absolute atomic E-state index is 8.78. The van der Waals surface area contributed by atoms with E-state index < -0.39 is 0 Å². The topological polar surface area (TPSA) is 45.9 Å². The van der Waals surface area contributed by atoms with Crippen molar-refractivity contribution in [1.29, 1.82) is 5.26 Å². The Balaban J connectivity index is 2.08. The third-order valence-electron chi connectivity index (χ3n) is 2.48. The summed E-state index contributed by atoms with van der Waals surface area (Å²) in [6, 6.07) is 11.2. The Labute approximate surface area is 124 Å². The molecule has 0 bridgehead atoms. The van der Waals surface area contributed by atoms with Crippen molar-refractivity contribution in [3.8, 4) is 11.8 Å². The lowest BCUT2D eigenvalue weighted by atomic mass is 10.2. The van der Waals surface area contributed by atoms with Gasteiger partial charge < -0.3 is 4.74 Å². The molecule has 0 radical (unpaired) electrons. The molecule has 0 saturated heterocycles. The Morgan fingerprint density at radius 3 is 2.79 bits per heavy atom. The molecule has 1 heterocycles. The molecule has 0 aliphatic carbocycles. The highest BCUT2D eigenvalue weighted by Gasteiger charge is 2.03. The molecule has 96 valence electrons. The van der Waals surface area contributed by atoms with E-state index in [0.717, 1.165) is 21.3 Å². The van der Waals surface area contributed by atoms with Crippen molar-refractivity contribution in [2.45, 2.75) is 12.5 Å². The van der Waals surface area contributed by atoms with Crippen LogP contribution < -0.4 is 4.74 Å². The number of ether oxygens (including phenoxy) is 1. The summed E-state index contributed by atoms with van der Waals surface area (Å²) in [4.78, 5) is 3.91. The Bertz CT molecular complexity index is 625. The summed E-state index contributed by atoms with van der Waals surface area (Å²) in [6.07, 6.45) is 1.60. The first-order valence-electron chi connectivity index (χ1n) is 5.55. The third kappa shape index (κ3) is 3.69. The second-order valence-electron chi connectivity index (χ2n) is 3.85. The lowest BCUT2D eigenvalue weighted by Crippen LogP contribution is -1.97. The minimum absolute atomic E-state index is 0.385. The van der Waals surface area contributed by atoms with Crippen LogP contribution in [0, 0.1) is 11.3 Å². The zero-order valence-corrected chi connectivity index (χ0v) is 12.3. The van der Waals surface area contributed by atoms with Gasteiger partial charge in [-0.05, 0) is 51.3 Å². The molecule has 0 spiro atoms. The molecule has 0 amide bonds. The Kier molecular flexibility index (Phi) is 4.78. The van der Waals surface area contributed by atoms with E-state index in [1.165, 1.54) is 0 Å². The van der Waals surface area contributed by atoms with Gasteiger partial charge in [-0.25, -0.2) is 4.98 Å². The van der Waals surface area contributed by atoms with Crippen molar-refractivity contribution in [3.05, 3.63) is 57.8 Å². The van der Waals surface area contributed by atoms with E-state index in [-0.39, 0.29) is 0 Å². The van der Waals surface area contributed by atoms with Gasteiger partial charge in [-0.1, -0.05) is 6.07 Å². The molecule has 3 nitrogen and oxygen atoms in total. The molecule has 1 aromatic heterocycles. The highest BCUT2D eigenvalue weighted by Crippen LogP contribution is 2.27. The number of aromatic nitrogens is 1. The first-order chi connectivity index (χ1) is 9.22. The summed E-state index contributed by atoms with van der Waals surface area (Å²) in [5.74, 6) is 1.21. The van der Waals surface area contributed by atoms with Gasteiger partial charge in [0, 0.05) is 12.1 Å². The van der Waals surface area contributed by atoms with Crippen molar-refractivity contribution < 1.29 is 4.74 Å². The van der Waals surface area contributed by atoms with Crippen molar-refractivity contribution in [1.82, 2.24) is 4.98 Å². The molecular weight excluding hydrogens is 328 g/mol. The van der Waals surface area contributed by atoms with E-state index in [1.807, 2.05) is 30.3 Å². The molecular formula is C14H10BrClN2O. The van der Waals surface area contributed by atoms with Crippen LogP contribution in [0.3, 0.4) is 0 Å². The summed E-state index contributed by atoms with van der Waals surface area (Å²) < 4.78 is 6.56. The van der Waals surface area contributed by atoms with Crippen molar-refractivity contribution in [3.63, 3.8) is 0 Å². The Morgan fingerprint density at radius 2 is 2.11 bits per heavy atom. The highest BCUT2D eigenvalue weighted by molar-refractivity contribution is 9.10. The summed E-state index contributed by atoms with van der Waals surface area (Å²) in [5.41, 5.74) is 2.31. The fourth-order valence-corrected chi connectivity index (χ4v) is 2.24. The smallest absolute Gasteiger partial charge is 0.140 e. The zero-order valence-electron chi connectivity index (χ0n) is 9.94. The van der Waals surface area contributed by atoms with Crippen molar-refractivity contribution in [2.75, 3.05) is 0 Å². The molecule has 19 heavy (non-hydrogen) atoms. The largest absolute Gasteiger partial charge is 0.488 e. The molecule has 2 aromatic rings. The van der Waals surface area contributed by atoms with Crippen LogP contribution in [0.4, 0.5) is 0 Å². The number of hydrogen-bond acceptors (Lipinski definition) is 3. The van der Waals surface area contributed by atoms with Crippen LogP contribution in [0.2, 0.25) is 0 Å². The minimum atomic E-state index is 0.385. The first-order valence-corrected chi connectivity index (χ1v) is 6.88. The van der Waals surface area contributed by atoms with E-state index in [0.29, 0.717) is 18.2 Å². The Hall–Kier alpha value is -1.57. The van der Waals surface area contributed by atoms with Gasteiger partial charge >= 0.3 is 0 Å². The quantitative estimate of drug-likeness (QED) is 0.791. The average Bonchev–Trinajstić information content (AvgIpc) is 2.46. The van der Waals surface area contributed by atoms with Crippen molar-refractivity contribution in [2.24, 2.45) is 0 Å². The van der Waals surface area contributed by atoms with E-state index in [4.69, 9.17) is 21.6 Å². The van der Waals surface area contributed by atoms with Crippen LogP contribution in [0.5, 0.6) is 5.75 Å². The summed E-state index contributed by atoms with van der Waals surface area (Å²) in [6.45, 7) is 0.385. The van der Waals surface area contributed by atoms with Crippen LogP contribution in [0.15, 0.2) is 41.0 Å². The number of benzene rings is 1. The Morgan fingerprint density at radius 1 is 1.26 bits per heavy atom. The van der Waals surface area contributed by atoms with Gasteiger partial charge in [-0.2, -0.15) is 5.26 Å². The number of alkyl halides is 1. The van der Waals surface area contributed by atoms with E-state index in [9.17, 15) is 0 Å². The molecule has 0 N–H and O–H groups in total. The molecule has 5 heteroatoms. The van der Waals surface area contributed by atoms with E-state index in [2.05, 4.69) is 20.9 Å². The molecule has 0 saturated carbocycles. The second kappa shape index (κ2) is 6.55. The van der Waals surface area contributed by atoms with Crippen LogP contribution in [0.25, 0.3) is 0 Å². The fraction of sp³-hybridized carbons (Fsp3) is 0.143. The number of pyridine rings is 1. The normalized spacial score (nSPS) is 9.95. The van der Waals surface area contributed by atoms with Gasteiger partial charge in [0.1, 0.15) is 24.1 Å². The van der Waals surface area contributed by atoms with Crippen LogP contribution >= 0.6 is 27.5 Å². The van der Waals surface area contributed by atoms with Crippen LogP contribution in [-0.4, -0.2) is 4.98 Å². The SMILES string of the molecule is N#Cc1cc(COc2ccc(CCl)cc2Br)ccn1. The predicted molar refractivity (Wildman–Crippen MR) is 77.0 cm³/mol. The minimum Gasteiger partial charge on any atom is -0.488 e. The molecule has 2 rings (SSSR count). The third-order valence-corrected chi connectivity index (χ3v) is 3.41. The fourth-order valence-electron chi connectivity index (χ4n) is 1.53. The van der Waals surface area contributed by atoms with Gasteiger partial charge in [-0.15, -0.1) is 11.6 Å². The number of rotatable bonds is 4. The van der Waals surface area contributed by atoms with Gasteiger partial charge in [0.05, 0.1) is 4.47 Å². The van der Waals surface area contributed by atoms with Gasteiger partial charge in [-0.3, -0.25) is 0 Å². The maximum Gasteiger partial charge on any atom is 0.140 e. The molecule has 0 aliphatic rings. The maximum atomic E-state index is 8.78. The first kappa shape index (κ1) is 13.9. The second-order valence-corrected chi connectivity index (χ2v) is 4.97. The molecule has 1 aromatic carbocycles. The van der Waals surface area contributed by atoms with E-state index in [1.54, 1.807) is 12.3 Å². The molecule has 0 unspecified atom stereocenters. The number of hydrogen-bond donors (Lipinski definition) is 0. The lowest BCUT2D eigenvalue weighted by molar-refractivity contribution is 0.304. The van der Waals surface area contributed by atoms with Gasteiger partial charge in [0.2, 0.25) is 0 Å². The van der Waals surface area contributed by atoms with Gasteiger partial charge in [0.15, 0.2) is 0 Å². The zero-order chi connectivity index (χ0) is 13.7. The van der Waals surface area contributed by atoms with Gasteiger partial charge in [0.25, 0.3) is 0 Å². The number of halogens is 2. The summed E-state index contributed by atoms with van der Waals surface area (Å²) >= 11 is 9.20. The molecule has 0 aliphatic heterocycles. The molecule has 0 atom stereocenters. The number of nitriles is 1. The highest BCUT2D eigenvalue weighted by atomic mass is 79.9. The standard InChI is InChI=1S/C14H10BrClN2O/c15-13-6-10(7-16)1-2-14(13)19-9-11-3-4-18-12(5-11)8-17/h1-6H,7,9H2. The van der Waals surface area contributed by atoms with Crippen molar-refractivity contribution >= 4 is 27.5 Å².